The topological polar surface area (TPSA) is 303 Å². The summed E-state index contributed by atoms with van der Waals surface area (Å²) in [5, 5.41) is 41.5. The monoisotopic (exact) mass is 845 g/mol. The molecule has 2 aromatic heterocycles. The van der Waals surface area contributed by atoms with Gasteiger partial charge in [-0.25, -0.2) is 14.4 Å². The maximum atomic E-state index is 14.1. The van der Waals surface area contributed by atoms with Crippen molar-refractivity contribution in [3.63, 3.8) is 0 Å². The number of aliphatic hydroxyl groups excluding tert-OH is 1. The molecular weight excluding hydrogens is 795 g/mol. The van der Waals surface area contributed by atoms with Gasteiger partial charge in [0.05, 0.1) is 12.1 Å². The molecule has 7 atom stereocenters. The molecule has 1 aliphatic heterocycles. The van der Waals surface area contributed by atoms with Crippen LogP contribution in [0, 0.1) is 5.92 Å². The molecule has 2 aromatic carbocycles. The molecule has 1 aliphatic rings. The minimum Gasteiger partial charge on any atom is -0.508 e. The number of para-hydroxylation sites is 1. The van der Waals surface area contributed by atoms with Crippen LogP contribution in [-0.4, -0.2) is 108 Å². The zero-order valence-electron chi connectivity index (χ0n) is 34.0. The van der Waals surface area contributed by atoms with E-state index in [0.29, 0.717) is 11.1 Å². The normalized spacial score (nSPS) is 18.0. The van der Waals surface area contributed by atoms with E-state index in [1.54, 1.807) is 38.2 Å². The van der Waals surface area contributed by atoms with Gasteiger partial charge in [0.1, 0.15) is 35.7 Å². The van der Waals surface area contributed by atoms with E-state index < -0.39 is 83.5 Å². The fraction of sp³-hybridized carbons (Fsp3) is 0.390. The summed E-state index contributed by atoms with van der Waals surface area (Å²) in [5.74, 6) is -3.76. The molecule has 4 aromatic rings. The van der Waals surface area contributed by atoms with Gasteiger partial charge in [0.25, 0.3) is 5.56 Å². The Balaban J connectivity index is 1.35. The second kappa shape index (κ2) is 19.9. The molecule has 0 bridgehead atoms. The molecule has 20 nitrogen and oxygen atoms in total. The third-order valence-electron chi connectivity index (χ3n) is 10.2. The van der Waals surface area contributed by atoms with Crippen molar-refractivity contribution in [1.82, 2.24) is 40.7 Å². The second-order valence-corrected chi connectivity index (χ2v) is 15.3. The SMILES string of the molecule is CC(C)C[C@H](NC(=O)NC(Cc1c[nH]c2ccccc12)C(=O)O)C(=O)N[C@H](C(=O)N/C=C1\C[C@@H](O)[C@H](n2ccc(=O)[nH]c2=O)O1)C(C)N(C)C(=O)[C@@H](N)Cc1cccc(O)c1. The first-order valence-corrected chi connectivity index (χ1v) is 19.5. The number of aromatic hydroxyl groups is 1. The number of carboxylic acids is 1. The number of amides is 5. The lowest BCUT2D eigenvalue weighted by Gasteiger charge is -2.34. The number of ether oxygens (including phenoxy) is 1. The number of hydrogen-bond acceptors (Lipinski definition) is 11. The van der Waals surface area contributed by atoms with Gasteiger partial charge in [-0.15, -0.1) is 0 Å². The molecule has 3 heterocycles. The Bertz CT molecular complexity index is 2390. The van der Waals surface area contributed by atoms with Crippen LogP contribution in [0.3, 0.4) is 0 Å². The smallest absolute Gasteiger partial charge is 0.331 e. The molecule has 2 unspecified atom stereocenters. The van der Waals surface area contributed by atoms with E-state index in [1.807, 2.05) is 18.2 Å². The van der Waals surface area contributed by atoms with Crippen molar-refractivity contribution >= 4 is 40.6 Å². The van der Waals surface area contributed by atoms with Gasteiger partial charge in [-0.2, -0.15) is 0 Å². The zero-order chi connectivity index (χ0) is 44.5. The predicted molar refractivity (Wildman–Crippen MR) is 221 cm³/mol. The van der Waals surface area contributed by atoms with Gasteiger partial charge in [-0.05, 0) is 55.0 Å². The number of carbonyl (C=O) groups is 5. The lowest BCUT2D eigenvalue weighted by molar-refractivity contribution is -0.139. The molecule has 0 radical (unpaired) electrons. The maximum Gasteiger partial charge on any atom is 0.331 e. The minimum absolute atomic E-state index is 0.0192. The molecular formula is C41H51N9O11. The van der Waals surface area contributed by atoms with Crippen molar-refractivity contribution in [2.45, 2.75) is 89.0 Å². The summed E-state index contributed by atoms with van der Waals surface area (Å²) < 4.78 is 6.69. The number of nitrogens with zero attached hydrogens (tertiary/aromatic N) is 2. The van der Waals surface area contributed by atoms with Crippen LogP contribution >= 0.6 is 0 Å². The molecule has 11 N–H and O–H groups in total. The Labute approximate surface area is 349 Å². The minimum atomic E-state index is -1.51. The van der Waals surface area contributed by atoms with Gasteiger partial charge in [0, 0.05) is 55.5 Å². The Morgan fingerprint density at radius 3 is 2.39 bits per heavy atom. The molecule has 61 heavy (non-hydrogen) atoms. The van der Waals surface area contributed by atoms with Crippen LogP contribution in [0.4, 0.5) is 4.79 Å². The summed E-state index contributed by atoms with van der Waals surface area (Å²) in [7, 11) is 1.39. The van der Waals surface area contributed by atoms with E-state index >= 15 is 0 Å². The summed E-state index contributed by atoms with van der Waals surface area (Å²) >= 11 is 0. The maximum absolute atomic E-state index is 14.1. The van der Waals surface area contributed by atoms with Crippen molar-refractivity contribution in [2.75, 3.05) is 7.05 Å². The number of hydrogen-bond donors (Lipinski definition) is 10. The lowest BCUT2D eigenvalue weighted by atomic mass is 10.0. The molecule has 5 rings (SSSR count). The van der Waals surface area contributed by atoms with Crippen LogP contribution in [0.25, 0.3) is 10.9 Å². The van der Waals surface area contributed by atoms with Crippen LogP contribution in [0.5, 0.6) is 5.75 Å². The van der Waals surface area contributed by atoms with Crippen LogP contribution < -0.4 is 38.2 Å². The highest BCUT2D eigenvalue weighted by atomic mass is 16.5. The Hall–Kier alpha value is -6.93. The molecule has 0 spiro atoms. The number of phenolic OH excluding ortho intramolecular Hbond substituents is 1. The number of aliphatic hydroxyl groups is 1. The molecule has 0 aliphatic carbocycles. The average Bonchev–Trinajstić information content (AvgIpc) is 3.79. The van der Waals surface area contributed by atoms with E-state index in [4.69, 9.17) is 10.5 Å². The van der Waals surface area contributed by atoms with Crippen molar-refractivity contribution in [1.29, 1.82) is 0 Å². The highest BCUT2D eigenvalue weighted by Crippen LogP contribution is 2.30. The molecule has 1 fully saturated rings. The summed E-state index contributed by atoms with van der Waals surface area (Å²) in [6.07, 6.45) is 1.31. The zero-order valence-corrected chi connectivity index (χ0v) is 34.0. The summed E-state index contributed by atoms with van der Waals surface area (Å²) in [6, 6.07) is 7.21. The van der Waals surface area contributed by atoms with Crippen molar-refractivity contribution in [3.05, 3.63) is 111 Å². The van der Waals surface area contributed by atoms with Gasteiger partial charge in [0.2, 0.25) is 23.9 Å². The first-order chi connectivity index (χ1) is 28.9. The van der Waals surface area contributed by atoms with Crippen LogP contribution in [0.1, 0.15) is 51.0 Å². The number of nitrogens with one attached hydrogen (secondary N) is 6. The standard InChI is InChI=1S/C41H51N9O11/c1-21(2)14-30(45-40(59)46-31(39(57)58)17-24-19-43-29-11-6-5-10-27(24)29)35(54)48-34(22(3)49(4)37(56)28(42)16-23-8-7-9-25(51)15-23)36(55)44-20-26-18-32(52)38(61-26)50-13-12-33(53)47-41(50)60/h5-13,15,19-22,28,30-32,34,38,43,51-52H,14,16-18,42H2,1-4H3,(H,44,55)(H,48,54)(H,57,58)(H2,45,46,59)(H,47,53,60)/b26-20+/t22?,28-,30-,31?,32+,34-,38+/m0/s1. The number of carboxylic acid groups (broad SMARTS) is 1. The van der Waals surface area contributed by atoms with Gasteiger partial charge in [0.15, 0.2) is 0 Å². The van der Waals surface area contributed by atoms with Crippen LogP contribution in [0.15, 0.2) is 88.5 Å². The van der Waals surface area contributed by atoms with Gasteiger partial charge >= 0.3 is 17.7 Å². The Morgan fingerprint density at radius 1 is 0.984 bits per heavy atom. The number of fused-ring (bicyclic) bond motifs is 1. The number of likely N-dealkylation sites (N-methyl/N-ethyl adjacent to an activating group) is 1. The van der Waals surface area contributed by atoms with E-state index in [1.165, 1.54) is 31.0 Å². The number of urea groups is 1. The predicted octanol–water partition coefficient (Wildman–Crippen LogP) is 0.272. The van der Waals surface area contributed by atoms with Gasteiger partial charge < -0.3 is 56.9 Å². The number of carbonyl (C=O) groups excluding carboxylic acids is 4. The quantitative estimate of drug-likeness (QED) is 0.0686. The highest BCUT2D eigenvalue weighted by molar-refractivity contribution is 5.94. The number of aromatic nitrogens is 3. The van der Waals surface area contributed by atoms with E-state index in [-0.39, 0.29) is 43.1 Å². The summed E-state index contributed by atoms with van der Waals surface area (Å²) in [5.41, 5.74) is 6.81. The number of rotatable bonds is 17. The third kappa shape index (κ3) is 11.6. The number of benzene rings is 2. The fourth-order valence-corrected chi connectivity index (χ4v) is 6.94. The van der Waals surface area contributed by atoms with E-state index in [0.717, 1.165) is 33.9 Å². The molecule has 0 saturated carbocycles. The van der Waals surface area contributed by atoms with Crippen molar-refractivity contribution < 1.29 is 44.0 Å². The molecule has 20 heteroatoms. The third-order valence-corrected chi connectivity index (χ3v) is 10.2. The summed E-state index contributed by atoms with van der Waals surface area (Å²) in [4.78, 5) is 97.6. The van der Waals surface area contributed by atoms with Crippen molar-refractivity contribution in [2.24, 2.45) is 11.7 Å². The Morgan fingerprint density at radius 2 is 1.70 bits per heavy atom. The number of aliphatic carboxylic acids is 1. The van der Waals surface area contributed by atoms with E-state index in [9.17, 15) is 48.9 Å². The van der Waals surface area contributed by atoms with Gasteiger partial charge in [-0.3, -0.25) is 28.7 Å². The van der Waals surface area contributed by atoms with Crippen LogP contribution in [-0.2, 0) is 36.8 Å². The average molecular weight is 846 g/mol. The second-order valence-electron chi connectivity index (χ2n) is 15.3. The number of phenols is 1. The van der Waals surface area contributed by atoms with Crippen LogP contribution in [0.2, 0.25) is 0 Å². The highest BCUT2D eigenvalue weighted by Gasteiger charge is 2.37. The first kappa shape index (κ1) is 45.2. The first-order valence-electron chi connectivity index (χ1n) is 19.5. The number of nitrogens with two attached hydrogens (primary N) is 1. The molecule has 326 valence electrons. The number of aromatic amines is 2. The lowest BCUT2D eigenvalue weighted by Crippen LogP contribution is -2.62. The summed E-state index contributed by atoms with van der Waals surface area (Å²) in [6.45, 7) is 5.08. The Kier molecular flexibility index (Phi) is 14.7. The molecule has 5 amide bonds. The van der Waals surface area contributed by atoms with Crippen molar-refractivity contribution in [3.8, 4) is 5.75 Å². The largest absolute Gasteiger partial charge is 0.508 e. The fourth-order valence-electron chi connectivity index (χ4n) is 6.94. The van der Waals surface area contributed by atoms with Gasteiger partial charge in [-0.1, -0.05) is 44.2 Å². The van der Waals surface area contributed by atoms with E-state index in [2.05, 4.69) is 31.2 Å². The molecule has 1 saturated heterocycles. The number of H-pyrrole nitrogens is 2.